The molecule has 26 heavy (non-hydrogen) atoms. The molecule has 2 aromatic heterocycles. The van der Waals surface area contributed by atoms with Gasteiger partial charge in [-0.25, -0.2) is 4.79 Å². The number of rotatable bonds is 4. The molecule has 3 rings (SSSR count). The third-order valence-electron chi connectivity index (χ3n) is 3.40. The van der Waals surface area contributed by atoms with Gasteiger partial charge in [0, 0.05) is 16.5 Å². The normalized spacial score (nSPS) is 11.3. The molecule has 1 aromatic carbocycles. The second-order valence-electron chi connectivity index (χ2n) is 5.08. The zero-order valence-electron chi connectivity index (χ0n) is 12.7. The number of anilines is 1. The number of nitrogens with zero attached hydrogens (tertiary/aromatic N) is 1. The molecule has 0 atom stereocenters. The lowest BCUT2D eigenvalue weighted by Gasteiger charge is -2.07. The fourth-order valence-corrected chi connectivity index (χ4v) is 2.80. The Labute approximate surface area is 147 Å². The number of aromatic carboxylic acids is 1. The first kappa shape index (κ1) is 17.7. The summed E-state index contributed by atoms with van der Waals surface area (Å²) in [7, 11) is 0. The van der Waals surface area contributed by atoms with Crippen LogP contribution in [0.25, 0.3) is 11.3 Å². The number of halogens is 3. The van der Waals surface area contributed by atoms with Crippen molar-refractivity contribution < 1.29 is 32.4 Å². The number of hydrogen-bond donors (Lipinski definition) is 2. The van der Waals surface area contributed by atoms with Crippen LogP contribution in [0.2, 0.25) is 0 Å². The maximum absolute atomic E-state index is 12.6. The van der Waals surface area contributed by atoms with Crippen LogP contribution in [-0.4, -0.2) is 22.1 Å². The highest BCUT2D eigenvalue weighted by atomic mass is 32.1. The van der Waals surface area contributed by atoms with E-state index in [1.807, 2.05) is 0 Å². The minimum Gasteiger partial charge on any atom is -0.477 e. The summed E-state index contributed by atoms with van der Waals surface area (Å²) < 4.78 is 42.6. The smallest absolute Gasteiger partial charge is 0.416 e. The fourth-order valence-electron chi connectivity index (χ4n) is 2.16. The van der Waals surface area contributed by atoms with E-state index < -0.39 is 29.5 Å². The molecular weight excluding hydrogens is 373 g/mol. The van der Waals surface area contributed by atoms with Crippen molar-refractivity contribution in [2.75, 3.05) is 5.32 Å². The molecule has 1 amide bonds. The van der Waals surface area contributed by atoms with Gasteiger partial charge in [-0.15, -0.1) is 0 Å². The highest BCUT2D eigenvalue weighted by Crippen LogP contribution is 2.31. The van der Waals surface area contributed by atoms with Gasteiger partial charge in [-0.1, -0.05) is 5.16 Å². The molecule has 0 radical (unpaired) electrons. The van der Waals surface area contributed by atoms with Crippen molar-refractivity contribution in [2.45, 2.75) is 6.18 Å². The number of carboxylic acid groups (broad SMARTS) is 1. The third-order valence-corrected chi connectivity index (χ3v) is 4.09. The molecule has 6 nitrogen and oxygen atoms in total. The SMILES string of the molecule is O=C(Nc1onc(-c2ccsc2)c1C(=O)O)c1ccc(C(F)(F)F)cc1. The number of benzene rings is 1. The van der Waals surface area contributed by atoms with Crippen molar-refractivity contribution in [1.82, 2.24) is 5.16 Å². The average Bonchev–Trinajstić information content (AvgIpc) is 3.23. The van der Waals surface area contributed by atoms with E-state index in [-0.39, 0.29) is 16.8 Å². The Morgan fingerprint density at radius 3 is 2.38 bits per heavy atom. The number of carboxylic acids is 1. The summed E-state index contributed by atoms with van der Waals surface area (Å²) in [6.45, 7) is 0. The minimum atomic E-state index is -4.52. The zero-order chi connectivity index (χ0) is 18.9. The van der Waals surface area contributed by atoms with Gasteiger partial charge < -0.3 is 9.63 Å². The second kappa shape index (κ2) is 6.64. The number of amides is 1. The standard InChI is InChI=1S/C16H9F3N2O4S/c17-16(18,19)10-3-1-8(2-4-10)13(22)20-14-11(15(23)24)12(21-25-14)9-5-6-26-7-9/h1-7H,(H,20,22)(H,23,24). The first-order chi connectivity index (χ1) is 12.3. The Kier molecular flexibility index (Phi) is 4.51. The van der Waals surface area contributed by atoms with Gasteiger partial charge in [0.05, 0.1) is 5.56 Å². The van der Waals surface area contributed by atoms with Gasteiger partial charge in [-0.3, -0.25) is 10.1 Å². The van der Waals surface area contributed by atoms with Gasteiger partial charge in [-0.2, -0.15) is 24.5 Å². The van der Waals surface area contributed by atoms with Crippen molar-refractivity contribution in [2.24, 2.45) is 0 Å². The molecule has 0 saturated heterocycles. The number of hydrogen-bond acceptors (Lipinski definition) is 5. The van der Waals surface area contributed by atoms with E-state index >= 15 is 0 Å². The lowest BCUT2D eigenvalue weighted by atomic mass is 10.1. The monoisotopic (exact) mass is 382 g/mol. The van der Waals surface area contributed by atoms with Crippen LogP contribution in [0.4, 0.5) is 19.1 Å². The molecule has 0 unspecified atom stereocenters. The van der Waals surface area contributed by atoms with E-state index in [0.717, 1.165) is 24.3 Å². The van der Waals surface area contributed by atoms with Gasteiger partial charge >= 0.3 is 12.1 Å². The summed E-state index contributed by atoms with van der Waals surface area (Å²) >= 11 is 1.32. The number of carbonyl (C=O) groups is 2. The molecule has 134 valence electrons. The number of aromatic nitrogens is 1. The van der Waals surface area contributed by atoms with Crippen molar-refractivity contribution in [3.63, 3.8) is 0 Å². The lowest BCUT2D eigenvalue weighted by molar-refractivity contribution is -0.137. The molecule has 0 aliphatic carbocycles. The predicted octanol–water partition coefficient (Wildman–Crippen LogP) is 4.37. The molecule has 0 aliphatic rings. The Bertz CT molecular complexity index is 947. The molecule has 2 heterocycles. The van der Waals surface area contributed by atoms with Gasteiger partial charge in [0.1, 0.15) is 5.69 Å². The summed E-state index contributed by atoms with van der Waals surface area (Å²) in [5.74, 6) is -2.59. The Morgan fingerprint density at radius 1 is 1.15 bits per heavy atom. The Balaban J connectivity index is 1.87. The largest absolute Gasteiger partial charge is 0.477 e. The molecule has 0 bridgehead atoms. The molecular formula is C16H9F3N2O4S. The van der Waals surface area contributed by atoms with Crippen molar-refractivity contribution in [3.05, 3.63) is 57.8 Å². The summed E-state index contributed by atoms with van der Waals surface area (Å²) in [5, 5.41) is 18.6. The lowest BCUT2D eigenvalue weighted by Crippen LogP contribution is -2.14. The summed E-state index contributed by atoms with van der Waals surface area (Å²) in [4.78, 5) is 23.7. The molecule has 0 aliphatic heterocycles. The summed E-state index contributed by atoms with van der Waals surface area (Å²) in [6.07, 6.45) is -4.52. The highest BCUT2D eigenvalue weighted by Gasteiger charge is 2.30. The van der Waals surface area contributed by atoms with Gasteiger partial charge in [-0.05, 0) is 35.7 Å². The zero-order valence-corrected chi connectivity index (χ0v) is 13.5. The maximum Gasteiger partial charge on any atom is 0.416 e. The number of thiophene rings is 1. The maximum atomic E-state index is 12.6. The van der Waals surface area contributed by atoms with Gasteiger partial charge in [0.2, 0.25) is 5.88 Å². The molecule has 0 fully saturated rings. The summed E-state index contributed by atoms with van der Waals surface area (Å²) in [5.41, 5.74) is -0.793. The van der Waals surface area contributed by atoms with E-state index in [0.29, 0.717) is 5.56 Å². The quantitative estimate of drug-likeness (QED) is 0.699. The van der Waals surface area contributed by atoms with Crippen LogP contribution in [0, 0.1) is 0 Å². The van der Waals surface area contributed by atoms with E-state index in [9.17, 15) is 27.9 Å². The number of alkyl halides is 3. The molecule has 0 saturated carbocycles. The van der Waals surface area contributed by atoms with E-state index in [2.05, 4.69) is 10.5 Å². The van der Waals surface area contributed by atoms with E-state index in [4.69, 9.17) is 4.52 Å². The van der Waals surface area contributed by atoms with Crippen LogP contribution in [-0.2, 0) is 6.18 Å². The van der Waals surface area contributed by atoms with Crippen LogP contribution in [0.15, 0.2) is 45.6 Å². The Morgan fingerprint density at radius 2 is 1.85 bits per heavy atom. The molecule has 3 aromatic rings. The Hall–Kier alpha value is -3.14. The van der Waals surface area contributed by atoms with Crippen molar-refractivity contribution in [3.8, 4) is 11.3 Å². The predicted molar refractivity (Wildman–Crippen MR) is 86.2 cm³/mol. The third kappa shape index (κ3) is 3.45. The molecule has 2 N–H and O–H groups in total. The van der Waals surface area contributed by atoms with Crippen LogP contribution in [0.5, 0.6) is 0 Å². The topological polar surface area (TPSA) is 92.4 Å². The first-order valence-electron chi connectivity index (χ1n) is 7.01. The van der Waals surface area contributed by atoms with Crippen LogP contribution in [0.1, 0.15) is 26.3 Å². The van der Waals surface area contributed by atoms with Crippen LogP contribution in [0.3, 0.4) is 0 Å². The number of nitrogens with one attached hydrogen (secondary N) is 1. The molecule has 10 heteroatoms. The highest BCUT2D eigenvalue weighted by molar-refractivity contribution is 7.08. The van der Waals surface area contributed by atoms with Gasteiger partial charge in [0.15, 0.2) is 5.56 Å². The minimum absolute atomic E-state index is 0.0430. The van der Waals surface area contributed by atoms with E-state index in [1.54, 1.807) is 16.8 Å². The van der Waals surface area contributed by atoms with Gasteiger partial charge in [0.25, 0.3) is 5.91 Å². The fraction of sp³-hybridized carbons (Fsp3) is 0.0625. The summed E-state index contributed by atoms with van der Waals surface area (Å²) in [6, 6.07) is 5.11. The van der Waals surface area contributed by atoms with E-state index in [1.165, 1.54) is 11.3 Å². The first-order valence-corrected chi connectivity index (χ1v) is 7.96. The second-order valence-corrected chi connectivity index (χ2v) is 5.86. The van der Waals surface area contributed by atoms with Crippen molar-refractivity contribution in [1.29, 1.82) is 0 Å². The van der Waals surface area contributed by atoms with Crippen LogP contribution >= 0.6 is 11.3 Å². The van der Waals surface area contributed by atoms with Crippen molar-refractivity contribution >= 4 is 29.1 Å². The average molecular weight is 382 g/mol. The number of carbonyl (C=O) groups excluding carboxylic acids is 1. The molecule has 0 spiro atoms. The van der Waals surface area contributed by atoms with Crippen LogP contribution < -0.4 is 5.32 Å².